The van der Waals surface area contributed by atoms with E-state index in [-0.39, 0.29) is 18.1 Å². The normalized spacial score (nSPS) is 25.2. The number of ether oxygens (including phenoxy) is 1. The molecule has 5 heteroatoms. The molecule has 2 N–H and O–H groups in total. The van der Waals surface area contributed by atoms with Crippen LogP contribution in [0.15, 0.2) is 0 Å². The molecule has 0 unspecified atom stereocenters. The highest BCUT2D eigenvalue weighted by atomic mass is 16.6. The minimum absolute atomic E-state index is 0.00270. The average molecular weight is 253 g/mol. The number of carbonyl (C=O) groups excluding carboxylic acids is 1. The van der Waals surface area contributed by atoms with Crippen molar-refractivity contribution in [2.24, 2.45) is 11.7 Å². The van der Waals surface area contributed by atoms with Gasteiger partial charge in [-0.15, -0.1) is 0 Å². The Hall–Kier alpha value is -1.28. The van der Waals surface area contributed by atoms with Gasteiger partial charge < -0.3 is 15.4 Å². The van der Waals surface area contributed by atoms with Crippen LogP contribution in [0.5, 0.6) is 0 Å². The summed E-state index contributed by atoms with van der Waals surface area (Å²) in [7, 11) is 0. The summed E-state index contributed by atoms with van der Waals surface area (Å²) in [6, 6.07) is 2.16. The van der Waals surface area contributed by atoms with Crippen molar-refractivity contribution in [3.8, 4) is 6.07 Å². The number of carbonyl (C=O) groups is 1. The summed E-state index contributed by atoms with van der Waals surface area (Å²) in [6.07, 6.45) is 1.68. The van der Waals surface area contributed by atoms with Crippen molar-refractivity contribution in [3.63, 3.8) is 0 Å². The number of nitriles is 1. The van der Waals surface area contributed by atoms with Crippen molar-refractivity contribution >= 4 is 6.09 Å². The van der Waals surface area contributed by atoms with Gasteiger partial charge in [-0.25, -0.2) is 4.79 Å². The van der Waals surface area contributed by atoms with Gasteiger partial charge in [-0.3, -0.25) is 0 Å². The fraction of sp³-hybridized carbons (Fsp3) is 0.846. The van der Waals surface area contributed by atoms with Crippen LogP contribution in [0.25, 0.3) is 0 Å². The Morgan fingerprint density at radius 3 is 2.61 bits per heavy atom. The molecule has 1 aliphatic heterocycles. The summed E-state index contributed by atoms with van der Waals surface area (Å²) in [4.78, 5) is 13.6. The molecule has 1 aliphatic rings. The van der Waals surface area contributed by atoms with Gasteiger partial charge in [-0.1, -0.05) is 0 Å². The van der Waals surface area contributed by atoms with Gasteiger partial charge >= 0.3 is 6.09 Å². The maximum absolute atomic E-state index is 11.9. The van der Waals surface area contributed by atoms with E-state index in [1.54, 1.807) is 4.90 Å². The van der Waals surface area contributed by atoms with Crippen molar-refractivity contribution in [1.82, 2.24) is 4.90 Å². The number of hydrogen-bond acceptors (Lipinski definition) is 4. The van der Waals surface area contributed by atoms with Gasteiger partial charge in [0.2, 0.25) is 0 Å². The predicted octanol–water partition coefficient (Wildman–Crippen LogP) is 1.87. The van der Waals surface area contributed by atoms with Gasteiger partial charge in [-0.2, -0.15) is 5.26 Å². The summed E-state index contributed by atoms with van der Waals surface area (Å²) in [5, 5.41) is 8.75. The molecule has 102 valence electrons. The SMILES string of the molecule is CC(C)(C)OC(=O)N1CC[C@H](CC#N)[C@@H](N)CC1. The third-order valence-electron chi connectivity index (χ3n) is 3.11. The molecule has 0 aliphatic carbocycles. The van der Waals surface area contributed by atoms with Crippen LogP contribution in [0.4, 0.5) is 4.79 Å². The molecule has 0 aromatic heterocycles. The van der Waals surface area contributed by atoms with E-state index in [1.807, 2.05) is 20.8 Å². The van der Waals surface area contributed by atoms with E-state index in [1.165, 1.54) is 0 Å². The molecule has 1 saturated heterocycles. The molecule has 0 aromatic rings. The van der Waals surface area contributed by atoms with Crippen LogP contribution in [0.1, 0.15) is 40.0 Å². The standard InChI is InChI=1S/C13H23N3O2/c1-13(2,3)18-12(17)16-8-5-10(4-7-14)11(15)6-9-16/h10-11H,4-6,8-9,15H2,1-3H3/t10-,11-/m0/s1. The minimum Gasteiger partial charge on any atom is -0.444 e. The summed E-state index contributed by atoms with van der Waals surface area (Å²) in [6.45, 7) is 6.79. The van der Waals surface area contributed by atoms with Crippen molar-refractivity contribution in [3.05, 3.63) is 0 Å². The van der Waals surface area contributed by atoms with Crippen molar-refractivity contribution in [2.45, 2.75) is 51.7 Å². The van der Waals surface area contributed by atoms with E-state index in [2.05, 4.69) is 6.07 Å². The molecule has 0 radical (unpaired) electrons. The number of amides is 1. The van der Waals surface area contributed by atoms with Gasteiger partial charge in [0.25, 0.3) is 0 Å². The average Bonchev–Trinajstić information content (AvgIpc) is 2.40. The fourth-order valence-corrected chi connectivity index (χ4v) is 2.07. The van der Waals surface area contributed by atoms with Gasteiger partial charge in [0.1, 0.15) is 5.60 Å². The lowest BCUT2D eigenvalue weighted by Gasteiger charge is -2.26. The van der Waals surface area contributed by atoms with Crippen LogP contribution in [0.3, 0.4) is 0 Å². The third kappa shape index (κ3) is 4.53. The largest absolute Gasteiger partial charge is 0.444 e. The summed E-state index contributed by atoms with van der Waals surface area (Å²) < 4.78 is 5.34. The van der Waals surface area contributed by atoms with Crippen molar-refractivity contribution in [1.29, 1.82) is 5.26 Å². The number of nitrogens with zero attached hydrogens (tertiary/aromatic N) is 2. The molecule has 1 amide bonds. The highest BCUT2D eigenvalue weighted by Crippen LogP contribution is 2.21. The van der Waals surface area contributed by atoms with Crippen LogP contribution in [0, 0.1) is 17.2 Å². The Balaban J connectivity index is 2.56. The lowest BCUT2D eigenvalue weighted by atomic mass is 9.93. The smallest absolute Gasteiger partial charge is 0.410 e. The lowest BCUT2D eigenvalue weighted by molar-refractivity contribution is 0.0255. The van der Waals surface area contributed by atoms with Gasteiger partial charge in [0, 0.05) is 25.6 Å². The number of likely N-dealkylation sites (tertiary alicyclic amines) is 1. The molecule has 0 aromatic carbocycles. The second-order valence-electron chi connectivity index (χ2n) is 5.83. The first-order valence-electron chi connectivity index (χ1n) is 6.44. The lowest BCUT2D eigenvalue weighted by Crippen LogP contribution is -2.37. The molecular formula is C13H23N3O2. The molecule has 5 nitrogen and oxygen atoms in total. The molecule has 0 bridgehead atoms. The van der Waals surface area contributed by atoms with Crippen LogP contribution < -0.4 is 5.73 Å². The van der Waals surface area contributed by atoms with Gasteiger partial charge in [0.15, 0.2) is 0 Å². The molecular weight excluding hydrogens is 230 g/mol. The summed E-state index contributed by atoms with van der Waals surface area (Å²) in [5.41, 5.74) is 5.55. The van der Waals surface area contributed by atoms with Crippen molar-refractivity contribution in [2.75, 3.05) is 13.1 Å². The maximum atomic E-state index is 11.9. The maximum Gasteiger partial charge on any atom is 0.410 e. The van der Waals surface area contributed by atoms with E-state index in [0.717, 1.165) is 12.8 Å². The zero-order valence-corrected chi connectivity index (χ0v) is 11.5. The Kier molecular flexibility index (Phi) is 4.97. The first-order chi connectivity index (χ1) is 8.33. The Morgan fingerprint density at radius 2 is 2.06 bits per heavy atom. The van der Waals surface area contributed by atoms with Gasteiger partial charge in [-0.05, 0) is 39.5 Å². The number of nitrogens with two attached hydrogens (primary N) is 1. The topological polar surface area (TPSA) is 79.3 Å². The van der Waals surface area contributed by atoms with Crippen LogP contribution >= 0.6 is 0 Å². The number of rotatable bonds is 1. The molecule has 0 saturated carbocycles. The molecule has 1 rings (SSSR count). The van der Waals surface area contributed by atoms with Crippen LogP contribution in [0.2, 0.25) is 0 Å². The van der Waals surface area contributed by atoms with Crippen LogP contribution in [-0.2, 0) is 4.74 Å². The third-order valence-corrected chi connectivity index (χ3v) is 3.11. The molecule has 18 heavy (non-hydrogen) atoms. The zero-order chi connectivity index (χ0) is 13.8. The van der Waals surface area contributed by atoms with E-state index in [4.69, 9.17) is 15.7 Å². The summed E-state index contributed by atoms with van der Waals surface area (Å²) >= 11 is 0. The molecule has 0 spiro atoms. The van der Waals surface area contributed by atoms with Gasteiger partial charge in [0.05, 0.1) is 6.07 Å². The monoisotopic (exact) mass is 253 g/mol. The first-order valence-corrected chi connectivity index (χ1v) is 6.44. The summed E-state index contributed by atoms with van der Waals surface area (Å²) in [5.74, 6) is 0.183. The Bertz CT molecular complexity index is 330. The Morgan fingerprint density at radius 1 is 1.44 bits per heavy atom. The van der Waals surface area contributed by atoms with E-state index in [9.17, 15) is 4.79 Å². The zero-order valence-electron chi connectivity index (χ0n) is 11.5. The van der Waals surface area contributed by atoms with E-state index < -0.39 is 5.60 Å². The minimum atomic E-state index is -0.475. The first kappa shape index (κ1) is 14.8. The predicted molar refractivity (Wildman–Crippen MR) is 68.7 cm³/mol. The fourth-order valence-electron chi connectivity index (χ4n) is 2.07. The molecule has 1 heterocycles. The second-order valence-corrected chi connectivity index (χ2v) is 5.83. The number of hydrogen-bond donors (Lipinski definition) is 1. The Labute approximate surface area is 109 Å². The van der Waals surface area contributed by atoms with Crippen molar-refractivity contribution < 1.29 is 9.53 Å². The highest BCUT2D eigenvalue weighted by molar-refractivity contribution is 5.68. The quantitative estimate of drug-likeness (QED) is 0.773. The van der Waals surface area contributed by atoms with E-state index in [0.29, 0.717) is 19.5 Å². The molecule has 1 fully saturated rings. The highest BCUT2D eigenvalue weighted by Gasteiger charge is 2.28. The van der Waals surface area contributed by atoms with Crippen LogP contribution in [-0.4, -0.2) is 35.7 Å². The van der Waals surface area contributed by atoms with E-state index >= 15 is 0 Å². The second kappa shape index (κ2) is 6.05. The molecule has 2 atom stereocenters.